The minimum atomic E-state index is -0.678. The molecule has 3 rings (SSSR count). The molecule has 1 aromatic heterocycles. The van der Waals surface area contributed by atoms with E-state index >= 15 is 0 Å². The van der Waals surface area contributed by atoms with Crippen molar-refractivity contribution in [2.24, 2.45) is 0 Å². The summed E-state index contributed by atoms with van der Waals surface area (Å²) in [5.41, 5.74) is 2.50. The van der Waals surface area contributed by atoms with Crippen LogP contribution in [-0.4, -0.2) is 34.9 Å². The molecular weight excluding hydrogens is 323 g/mol. The number of methoxy groups -OCH3 is 1. The highest BCUT2D eigenvalue weighted by Crippen LogP contribution is 2.24. The standard InChI is InChI=1S/C19H17FN2O3/c1-25-19(24)17-9-14-4-2-3-5-15(14)12-22(17)18(23)7-6-13-8-16(20)11-21-10-13/h2-8,10-11,17H,9,12H2,1H3. The minimum absolute atomic E-state index is 0.320. The van der Waals surface area contributed by atoms with E-state index in [0.29, 0.717) is 18.5 Å². The van der Waals surface area contributed by atoms with E-state index in [1.165, 1.54) is 36.4 Å². The molecular formula is C19H17FN2O3. The van der Waals surface area contributed by atoms with Crippen LogP contribution >= 0.6 is 0 Å². The molecule has 1 aliphatic heterocycles. The fourth-order valence-electron chi connectivity index (χ4n) is 2.88. The molecule has 0 radical (unpaired) electrons. The second kappa shape index (κ2) is 7.25. The van der Waals surface area contributed by atoms with E-state index in [9.17, 15) is 14.0 Å². The molecule has 1 aromatic carbocycles. The van der Waals surface area contributed by atoms with Crippen molar-refractivity contribution >= 4 is 18.0 Å². The Bertz CT molecular complexity index is 835. The van der Waals surface area contributed by atoms with Gasteiger partial charge in [0.15, 0.2) is 0 Å². The zero-order valence-corrected chi connectivity index (χ0v) is 13.7. The Balaban J connectivity index is 1.84. The number of esters is 1. The van der Waals surface area contributed by atoms with Crippen molar-refractivity contribution in [1.29, 1.82) is 0 Å². The number of hydrogen-bond donors (Lipinski definition) is 0. The normalized spacial score (nSPS) is 16.6. The van der Waals surface area contributed by atoms with Crippen LogP contribution in [0.4, 0.5) is 4.39 Å². The smallest absolute Gasteiger partial charge is 0.328 e. The van der Waals surface area contributed by atoms with Crippen molar-refractivity contribution in [3.05, 3.63) is 71.3 Å². The average Bonchev–Trinajstić information content (AvgIpc) is 2.64. The van der Waals surface area contributed by atoms with Crippen LogP contribution in [-0.2, 0) is 27.3 Å². The number of fused-ring (bicyclic) bond motifs is 1. The van der Waals surface area contributed by atoms with E-state index < -0.39 is 17.8 Å². The molecule has 2 heterocycles. The van der Waals surface area contributed by atoms with Crippen LogP contribution in [0.2, 0.25) is 0 Å². The number of hydrogen-bond acceptors (Lipinski definition) is 4. The lowest BCUT2D eigenvalue weighted by Crippen LogP contribution is -2.48. The van der Waals surface area contributed by atoms with Gasteiger partial charge in [0, 0.05) is 25.2 Å². The van der Waals surface area contributed by atoms with Gasteiger partial charge in [-0.1, -0.05) is 24.3 Å². The number of ether oxygens (including phenoxy) is 1. The predicted molar refractivity (Wildman–Crippen MR) is 89.7 cm³/mol. The molecule has 0 fully saturated rings. The predicted octanol–water partition coefficient (Wildman–Crippen LogP) is 2.36. The molecule has 1 amide bonds. The minimum Gasteiger partial charge on any atom is -0.467 e. The topological polar surface area (TPSA) is 59.5 Å². The highest BCUT2D eigenvalue weighted by atomic mass is 19.1. The third-order valence-corrected chi connectivity index (χ3v) is 4.15. The number of rotatable bonds is 3. The van der Waals surface area contributed by atoms with E-state index in [4.69, 9.17) is 4.74 Å². The maximum absolute atomic E-state index is 13.2. The van der Waals surface area contributed by atoms with Crippen molar-refractivity contribution in [2.45, 2.75) is 19.0 Å². The molecule has 0 bridgehead atoms. The highest BCUT2D eigenvalue weighted by molar-refractivity contribution is 5.95. The third kappa shape index (κ3) is 3.74. The summed E-state index contributed by atoms with van der Waals surface area (Å²) in [6, 6.07) is 8.28. The van der Waals surface area contributed by atoms with Gasteiger partial charge in [-0.05, 0) is 28.8 Å². The number of amides is 1. The summed E-state index contributed by atoms with van der Waals surface area (Å²) in [5, 5.41) is 0. The van der Waals surface area contributed by atoms with Crippen LogP contribution in [0.1, 0.15) is 16.7 Å². The van der Waals surface area contributed by atoms with E-state index in [-0.39, 0.29) is 5.91 Å². The first-order valence-electron chi connectivity index (χ1n) is 7.82. The Morgan fingerprint density at radius 2 is 2.04 bits per heavy atom. The summed E-state index contributed by atoms with van der Waals surface area (Å²) in [5.74, 6) is -1.27. The van der Waals surface area contributed by atoms with Gasteiger partial charge < -0.3 is 9.64 Å². The van der Waals surface area contributed by atoms with E-state index in [1.54, 1.807) is 0 Å². The van der Waals surface area contributed by atoms with E-state index in [1.807, 2.05) is 24.3 Å². The largest absolute Gasteiger partial charge is 0.467 e. The molecule has 0 N–H and O–H groups in total. The summed E-state index contributed by atoms with van der Waals surface area (Å²) >= 11 is 0. The molecule has 25 heavy (non-hydrogen) atoms. The number of nitrogens with zero attached hydrogens (tertiary/aromatic N) is 2. The molecule has 1 aliphatic rings. The Kier molecular flexibility index (Phi) is 4.88. The molecule has 1 atom stereocenters. The van der Waals surface area contributed by atoms with Crippen molar-refractivity contribution in [3.63, 3.8) is 0 Å². The number of halogens is 1. The second-order valence-corrected chi connectivity index (χ2v) is 5.75. The van der Waals surface area contributed by atoms with Gasteiger partial charge in [-0.2, -0.15) is 0 Å². The van der Waals surface area contributed by atoms with Crippen molar-refractivity contribution in [3.8, 4) is 0 Å². The fraction of sp³-hybridized carbons (Fsp3) is 0.211. The first kappa shape index (κ1) is 16.8. The number of benzene rings is 1. The van der Waals surface area contributed by atoms with Crippen molar-refractivity contribution in [2.75, 3.05) is 7.11 Å². The SMILES string of the molecule is COC(=O)C1Cc2ccccc2CN1C(=O)C=Cc1cncc(F)c1. The van der Waals surface area contributed by atoms with Gasteiger partial charge in [0.25, 0.3) is 0 Å². The molecule has 1 unspecified atom stereocenters. The van der Waals surface area contributed by atoms with Gasteiger partial charge in [0.1, 0.15) is 11.9 Å². The average molecular weight is 340 g/mol. The Labute approximate surface area is 144 Å². The van der Waals surface area contributed by atoms with Crippen molar-refractivity contribution in [1.82, 2.24) is 9.88 Å². The lowest BCUT2D eigenvalue weighted by Gasteiger charge is -2.34. The molecule has 0 aliphatic carbocycles. The molecule has 128 valence electrons. The van der Waals surface area contributed by atoms with E-state index in [2.05, 4.69) is 4.98 Å². The van der Waals surface area contributed by atoms with Crippen LogP contribution in [0.15, 0.2) is 48.8 Å². The number of carbonyl (C=O) groups is 2. The van der Waals surface area contributed by atoms with Crippen LogP contribution in [0, 0.1) is 5.82 Å². The zero-order chi connectivity index (χ0) is 17.8. The van der Waals surface area contributed by atoms with Gasteiger partial charge in [-0.25, -0.2) is 9.18 Å². The first-order chi connectivity index (χ1) is 12.1. The highest BCUT2D eigenvalue weighted by Gasteiger charge is 2.34. The van der Waals surface area contributed by atoms with Gasteiger partial charge >= 0.3 is 5.97 Å². The van der Waals surface area contributed by atoms with Gasteiger partial charge in [0.05, 0.1) is 13.3 Å². The molecule has 6 heteroatoms. The molecule has 2 aromatic rings. The maximum atomic E-state index is 13.2. The lowest BCUT2D eigenvalue weighted by atomic mass is 9.94. The van der Waals surface area contributed by atoms with Crippen molar-refractivity contribution < 1.29 is 18.7 Å². The number of carbonyl (C=O) groups excluding carboxylic acids is 2. The number of pyridine rings is 1. The molecule has 0 spiro atoms. The fourth-order valence-corrected chi connectivity index (χ4v) is 2.88. The quantitative estimate of drug-likeness (QED) is 0.636. The summed E-state index contributed by atoms with van der Waals surface area (Å²) in [7, 11) is 1.31. The Morgan fingerprint density at radius 1 is 1.28 bits per heavy atom. The van der Waals surface area contributed by atoms with Crippen LogP contribution in [0.5, 0.6) is 0 Å². The summed E-state index contributed by atoms with van der Waals surface area (Å²) in [6.07, 6.45) is 5.75. The maximum Gasteiger partial charge on any atom is 0.328 e. The molecule has 0 saturated heterocycles. The number of aromatic nitrogens is 1. The summed E-state index contributed by atoms with van der Waals surface area (Å²) in [6.45, 7) is 0.320. The monoisotopic (exact) mass is 340 g/mol. The second-order valence-electron chi connectivity index (χ2n) is 5.75. The van der Waals surface area contributed by atoms with E-state index in [0.717, 1.165) is 17.3 Å². The lowest BCUT2D eigenvalue weighted by molar-refractivity contribution is -0.152. The first-order valence-corrected chi connectivity index (χ1v) is 7.82. The van der Waals surface area contributed by atoms with Crippen LogP contribution in [0.3, 0.4) is 0 Å². The van der Waals surface area contributed by atoms with Crippen LogP contribution < -0.4 is 0 Å². The molecule has 5 nitrogen and oxygen atoms in total. The van der Waals surface area contributed by atoms with Gasteiger partial charge in [-0.15, -0.1) is 0 Å². The van der Waals surface area contributed by atoms with Crippen LogP contribution in [0.25, 0.3) is 6.08 Å². The molecule has 0 saturated carbocycles. The zero-order valence-electron chi connectivity index (χ0n) is 13.7. The third-order valence-electron chi connectivity index (χ3n) is 4.15. The Hall–Kier alpha value is -3.02. The van der Waals surface area contributed by atoms with Gasteiger partial charge in [-0.3, -0.25) is 9.78 Å². The van der Waals surface area contributed by atoms with Gasteiger partial charge in [0.2, 0.25) is 5.91 Å². The summed E-state index contributed by atoms with van der Waals surface area (Å²) < 4.78 is 18.0. The Morgan fingerprint density at radius 3 is 2.76 bits per heavy atom. The summed E-state index contributed by atoms with van der Waals surface area (Å²) in [4.78, 5) is 29.9.